The van der Waals surface area contributed by atoms with E-state index in [1.165, 1.54) is 5.46 Å². The average molecular weight is 132 g/mol. The molecule has 1 nitrogen and oxygen atoms in total. The molecule has 0 bridgehead atoms. The highest BCUT2D eigenvalue weighted by Gasteiger charge is 1.88. The minimum absolute atomic E-state index is 0.528. The molecule has 10 heavy (non-hydrogen) atoms. The lowest BCUT2D eigenvalue weighted by Gasteiger charge is -1.94. The summed E-state index contributed by atoms with van der Waals surface area (Å²) >= 11 is 0. The maximum Gasteiger partial charge on any atom is 0.139 e. The molecule has 0 unspecified atom stereocenters. The Hall–Kier alpha value is -1.05. The summed E-state index contributed by atoms with van der Waals surface area (Å²) in [6.07, 6.45) is 1.45. The van der Waals surface area contributed by atoms with Crippen molar-refractivity contribution in [3.05, 3.63) is 29.8 Å². The van der Waals surface area contributed by atoms with Crippen LogP contribution < -0.4 is 5.46 Å². The number of benzene rings is 1. The van der Waals surface area contributed by atoms with Crippen molar-refractivity contribution in [2.45, 2.75) is 6.42 Å². The minimum Gasteiger partial charge on any atom is -0.303 e. The number of rotatable bonds is 2. The Bertz CT molecular complexity index is 215. The van der Waals surface area contributed by atoms with Gasteiger partial charge < -0.3 is 4.79 Å². The highest BCUT2D eigenvalue weighted by atomic mass is 16.1. The molecule has 0 heterocycles. The molecule has 0 fully saturated rings. The molecule has 50 valence electrons. The van der Waals surface area contributed by atoms with Crippen LogP contribution in [0.15, 0.2) is 24.3 Å². The second-order valence-corrected chi connectivity index (χ2v) is 2.36. The van der Waals surface area contributed by atoms with Crippen LogP contribution in [0.4, 0.5) is 0 Å². The van der Waals surface area contributed by atoms with E-state index in [0.29, 0.717) is 6.42 Å². The molecule has 0 aliphatic carbocycles. The Labute approximate surface area is 61.5 Å². The molecule has 0 saturated carbocycles. The molecule has 0 aromatic heterocycles. The molecule has 1 aromatic carbocycles. The molecular formula is C8H9BO. The highest BCUT2D eigenvalue weighted by Crippen LogP contribution is 1.94. The minimum atomic E-state index is 0.528. The van der Waals surface area contributed by atoms with E-state index in [-0.39, 0.29) is 0 Å². The van der Waals surface area contributed by atoms with Crippen LogP contribution in [0.5, 0.6) is 0 Å². The predicted molar refractivity (Wildman–Crippen MR) is 44.4 cm³/mol. The maximum atomic E-state index is 10.1. The summed E-state index contributed by atoms with van der Waals surface area (Å²) < 4.78 is 0. The first-order valence-electron chi connectivity index (χ1n) is 3.32. The molecule has 0 amide bonds. The maximum absolute atomic E-state index is 10.1. The van der Waals surface area contributed by atoms with E-state index in [1.54, 1.807) is 0 Å². The summed E-state index contributed by atoms with van der Waals surface area (Å²) in [5.74, 6) is 0. The van der Waals surface area contributed by atoms with Crippen molar-refractivity contribution in [3.8, 4) is 0 Å². The molecule has 0 spiro atoms. The molecule has 0 aliphatic rings. The third kappa shape index (κ3) is 1.73. The van der Waals surface area contributed by atoms with E-state index in [2.05, 4.69) is 0 Å². The zero-order valence-electron chi connectivity index (χ0n) is 6.00. The number of hydrogen-bond acceptors (Lipinski definition) is 1. The Morgan fingerprint density at radius 3 is 2.40 bits per heavy atom. The molecule has 0 saturated heterocycles. The van der Waals surface area contributed by atoms with E-state index in [1.807, 2.05) is 32.1 Å². The molecule has 0 aliphatic heterocycles. The van der Waals surface area contributed by atoms with E-state index in [0.717, 1.165) is 11.8 Å². The van der Waals surface area contributed by atoms with Gasteiger partial charge in [0.2, 0.25) is 0 Å². The van der Waals surface area contributed by atoms with Crippen LogP contribution in [0.25, 0.3) is 0 Å². The zero-order valence-corrected chi connectivity index (χ0v) is 6.00. The summed E-state index contributed by atoms with van der Waals surface area (Å²) in [7, 11) is 2.03. The van der Waals surface area contributed by atoms with Gasteiger partial charge in [0.25, 0.3) is 0 Å². The molecular weight excluding hydrogens is 123 g/mol. The fraction of sp³-hybridized carbons (Fsp3) is 0.125. The first-order valence-corrected chi connectivity index (χ1v) is 3.32. The third-order valence-electron chi connectivity index (χ3n) is 1.44. The van der Waals surface area contributed by atoms with Crippen LogP contribution in [-0.2, 0) is 11.2 Å². The SMILES string of the molecule is Bc1ccc(CC=O)cc1. The predicted octanol–water partition coefficient (Wildman–Crippen LogP) is -0.314. The number of hydrogen-bond donors (Lipinski definition) is 0. The Kier molecular flexibility index (Phi) is 2.27. The third-order valence-corrected chi connectivity index (χ3v) is 1.44. The van der Waals surface area contributed by atoms with Gasteiger partial charge in [0.1, 0.15) is 14.1 Å². The first-order chi connectivity index (χ1) is 4.83. The Balaban J connectivity index is 2.78. The van der Waals surface area contributed by atoms with Crippen molar-refractivity contribution in [1.82, 2.24) is 0 Å². The van der Waals surface area contributed by atoms with Gasteiger partial charge in [-0.05, 0) is 5.56 Å². The van der Waals surface area contributed by atoms with Crippen LogP contribution in [0, 0.1) is 0 Å². The van der Waals surface area contributed by atoms with Gasteiger partial charge in [0, 0.05) is 6.42 Å². The monoisotopic (exact) mass is 132 g/mol. The molecule has 0 radical (unpaired) electrons. The van der Waals surface area contributed by atoms with Gasteiger partial charge >= 0.3 is 0 Å². The lowest BCUT2D eigenvalue weighted by molar-refractivity contribution is -0.107. The summed E-state index contributed by atoms with van der Waals surface area (Å²) in [6.45, 7) is 0. The summed E-state index contributed by atoms with van der Waals surface area (Å²) in [5, 5.41) is 0. The van der Waals surface area contributed by atoms with Crippen molar-refractivity contribution in [3.63, 3.8) is 0 Å². The van der Waals surface area contributed by atoms with Gasteiger partial charge in [-0.2, -0.15) is 0 Å². The summed E-state index contributed by atoms with van der Waals surface area (Å²) in [4.78, 5) is 10.1. The van der Waals surface area contributed by atoms with E-state index in [9.17, 15) is 4.79 Å². The number of carbonyl (C=O) groups is 1. The van der Waals surface area contributed by atoms with Gasteiger partial charge in [-0.25, -0.2) is 0 Å². The standard InChI is InChI=1S/C8H9BO/c9-8-3-1-7(2-4-8)5-6-10/h1-4,6H,5,9H2. The smallest absolute Gasteiger partial charge is 0.139 e. The first kappa shape index (κ1) is 7.07. The van der Waals surface area contributed by atoms with Gasteiger partial charge in [0.15, 0.2) is 0 Å². The van der Waals surface area contributed by atoms with Crippen molar-refractivity contribution < 1.29 is 4.79 Å². The van der Waals surface area contributed by atoms with Crippen LogP contribution in [-0.4, -0.2) is 14.1 Å². The van der Waals surface area contributed by atoms with Crippen LogP contribution in [0.2, 0.25) is 0 Å². The molecule has 1 rings (SSSR count). The van der Waals surface area contributed by atoms with E-state index >= 15 is 0 Å². The molecule has 0 N–H and O–H groups in total. The molecule has 2 heteroatoms. The number of aldehydes is 1. The largest absolute Gasteiger partial charge is 0.303 e. The van der Waals surface area contributed by atoms with Gasteiger partial charge in [-0.3, -0.25) is 0 Å². The van der Waals surface area contributed by atoms with Crippen molar-refractivity contribution in [2.75, 3.05) is 0 Å². The summed E-state index contributed by atoms with van der Waals surface area (Å²) in [6, 6.07) is 7.98. The fourth-order valence-corrected chi connectivity index (χ4v) is 0.820. The summed E-state index contributed by atoms with van der Waals surface area (Å²) in [5.41, 5.74) is 2.32. The zero-order chi connectivity index (χ0) is 7.40. The highest BCUT2D eigenvalue weighted by molar-refractivity contribution is 6.32. The lowest BCUT2D eigenvalue weighted by Crippen LogP contribution is -2.00. The van der Waals surface area contributed by atoms with Crippen LogP contribution in [0.1, 0.15) is 5.56 Å². The van der Waals surface area contributed by atoms with Crippen molar-refractivity contribution in [2.24, 2.45) is 0 Å². The topological polar surface area (TPSA) is 17.1 Å². The second-order valence-electron chi connectivity index (χ2n) is 2.36. The van der Waals surface area contributed by atoms with Gasteiger partial charge in [-0.1, -0.05) is 29.7 Å². The van der Waals surface area contributed by atoms with Gasteiger partial charge in [-0.15, -0.1) is 0 Å². The van der Waals surface area contributed by atoms with E-state index < -0.39 is 0 Å². The quantitative estimate of drug-likeness (QED) is 0.398. The Morgan fingerprint density at radius 2 is 1.90 bits per heavy atom. The second kappa shape index (κ2) is 3.21. The van der Waals surface area contributed by atoms with Crippen LogP contribution >= 0.6 is 0 Å². The fourth-order valence-electron chi connectivity index (χ4n) is 0.820. The number of carbonyl (C=O) groups excluding carboxylic acids is 1. The van der Waals surface area contributed by atoms with Crippen molar-refractivity contribution in [1.29, 1.82) is 0 Å². The lowest BCUT2D eigenvalue weighted by atomic mass is 9.95. The van der Waals surface area contributed by atoms with E-state index in [4.69, 9.17) is 0 Å². The average Bonchev–Trinajstić information content (AvgIpc) is 1.95. The Morgan fingerprint density at radius 1 is 1.30 bits per heavy atom. The normalized spacial score (nSPS) is 9.20. The van der Waals surface area contributed by atoms with Crippen LogP contribution in [0.3, 0.4) is 0 Å². The van der Waals surface area contributed by atoms with Crippen molar-refractivity contribution >= 4 is 19.6 Å². The van der Waals surface area contributed by atoms with Gasteiger partial charge in [0.05, 0.1) is 0 Å². The molecule has 1 aromatic rings. The molecule has 0 atom stereocenters.